The first-order valence-corrected chi connectivity index (χ1v) is 8.69. The number of benzene rings is 2. The van der Waals surface area contributed by atoms with E-state index in [1.54, 1.807) is 12.0 Å². The van der Waals surface area contributed by atoms with Gasteiger partial charge in [-0.2, -0.15) is 5.10 Å². The second-order valence-corrected chi connectivity index (χ2v) is 6.34. The van der Waals surface area contributed by atoms with Gasteiger partial charge in [0.1, 0.15) is 6.61 Å². The summed E-state index contributed by atoms with van der Waals surface area (Å²) in [5, 5.41) is 6.71. The van der Waals surface area contributed by atoms with E-state index in [2.05, 4.69) is 17.2 Å². The van der Waals surface area contributed by atoms with Crippen LogP contribution in [0.1, 0.15) is 11.1 Å². The van der Waals surface area contributed by atoms with Crippen LogP contribution in [0, 0.1) is 0 Å². The summed E-state index contributed by atoms with van der Waals surface area (Å²) in [6.07, 6.45) is 1.89. The molecule has 1 heterocycles. The molecule has 0 aliphatic carbocycles. The molecular weight excluding hydrogens is 314 g/mol. The van der Waals surface area contributed by atoms with Crippen molar-refractivity contribution < 1.29 is 14.4 Å². The zero-order valence-electron chi connectivity index (χ0n) is 14.9. The van der Waals surface area contributed by atoms with E-state index in [4.69, 9.17) is 9.47 Å². The Balaban J connectivity index is 1.63. The van der Waals surface area contributed by atoms with E-state index in [-0.39, 0.29) is 0 Å². The quantitative estimate of drug-likeness (QED) is 0.809. The Hall–Kier alpha value is -2.53. The van der Waals surface area contributed by atoms with Crippen LogP contribution < -0.4 is 14.4 Å². The van der Waals surface area contributed by atoms with Crippen molar-refractivity contribution in [2.45, 2.75) is 6.61 Å². The molecule has 0 bridgehead atoms. The van der Waals surface area contributed by atoms with Gasteiger partial charge in [-0.05, 0) is 29.3 Å². The molecule has 1 aliphatic heterocycles. The molecule has 1 N–H and O–H groups in total. The van der Waals surface area contributed by atoms with Gasteiger partial charge >= 0.3 is 0 Å². The first-order valence-electron chi connectivity index (χ1n) is 8.69. The van der Waals surface area contributed by atoms with Gasteiger partial charge in [0, 0.05) is 0 Å². The fraction of sp³-hybridized carbons (Fsp3) is 0.350. The van der Waals surface area contributed by atoms with Gasteiger partial charge in [-0.3, -0.25) is 5.01 Å². The van der Waals surface area contributed by atoms with Crippen LogP contribution in [0.4, 0.5) is 0 Å². The summed E-state index contributed by atoms with van der Waals surface area (Å²) in [7, 11) is 3.88. The van der Waals surface area contributed by atoms with Crippen LogP contribution in [0.5, 0.6) is 11.5 Å². The maximum Gasteiger partial charge on any atom is 0.161 e. The fourth-order valence-corrected chi connectivity index (χ4v) is 2.76. The Kier molecular flexibility index (Phi) is 5.90. The van der Waals surface area contributed by atoms with Gasteiger partial charge in [0.05, 0.1) is 46.6 Å². The topological polar surface area (TPSA) is 38.5 Å². The molecule has 0 unspecified atom stereocenters. The molecular formula is C20H26N3O2+. The molecule has 25 heavy (non-hydrogen) atoms. The third-order valence-corrected chi connectivity index (χ3v) is 4.39. The molecule has 1 aliphatic rings. The minimum absolute atomic E-state index is 0.522. The number of nitrogens with zero attached hydrogens (tertiary/aromatic N) is 2. The minimum Gasteiger partial charge on any atom is -0.493 e. The number of nitrogens with one attached hydrogen (secondary N) is 1. The highest BCUT2D eigenvalue weighted by Gasteiger charge is 2.14. The van der Waals surface area contributed by atoms with Crippen LogP contribution in [-0.2, 0) is 6.61 Å². The Morgan fingerprint density at radius 1 is 1.08 bits per heavy atom. The Morgan fingerprint density at radius 3 is 2.56 bits per heavy atom. The van der Waals surface area contributed by atoms with E-state index in [1.807, 2.05) is 54.7 Å². The third-order valence-electron chi connectivity index (χ3n) is 4.39. The number of methoxy groups -OCH3 is 1. The van der Waals surface area contributed by atoms with Gasteiger partial charge in [0.25, 0.3) is 0 Å². The summed E-state index contributed by atoms with van der Waals surface area (Å²) in [5.74, 6) is 1.47. The zero-order chi connectivity index (χ0) is 17.5. The number of hydrogen-bond acceptors (Lipinski definition) is 4. The molecule has 5 heteroatoms. The average molecular weight is 340 g/mol. The van der Waals surface area contributed by atoms with E-state index in [0.29, 0.717) is 6.61 Å². The van der Waals surface area contributed by atoms with Crippen molar-refractivity contribution in [2.75, 3.05) is 40.3 Å². The van der Waals surface area contributed by atoms with Crippen molar-refractivity contribution >= 4 is 6.21 Å². The van der Waals surface area contributed by atoms with Gasteiger partial charge in [0.2, 0.25) is 0 Å². The number of ether oxygens (including phenoxy) is 2. The molecule has 1 fully saturated rings. The van der Waals surface area contributed by atoms with Crippen LogP contribution in [0.3, 0.4) is 0 Å². The number of quaternary nitrogens is 1. The van der Waals surface area contributed by atoms with E-state index in [0.717, 1.165) is 48.8 Å². The molecule has 132 valence electrons. The van der Waals surface area contributed by atoms with E-state index < -0.39 is 0 Å². The summed E-state index contributed by atoms with van der Waals surface area (Å²) in [6, 6.07) is 16.0. The lowest BCUT2D eigenvalue weighted by Crippen LogP contribution is -3.11. The molecule has 0 saturated carbocycles. The lowest BCUT2D eigenvalue weighted by Gasteiger charge is -2.27. The van der Waals surface area contributed by atoms with E-state index >= 15 is 0 Å². The summed E-state index contributed by atoms with van der Waals surface area (Å²) in [6.45, 7) is 4.78. The first-order chi connectivity index (χ1) is 12.2. The largest absolute Gasteiger partial charge is 0.493 e. The van der Waals surface area contributed by atoms with Crippen LogP contribution >= 0.6 is 0 Å². The van der Waals surface area contributed by atoms with Crippen LogP contribution in [0.25, 0.3) is 0 Å². The molecule has 0 spiro atoms. The van der Waals surface area contributed by atoms with Gasteiger partial charge in [-0.1, -0.05) is 30.3 Å². The summed E-state index contributed by atoms with van der Waals surface area (Å²) in [5.41, 5.74) is 2.14. The molecule has 0 aromatic heterocycles. The van der Waals surface area contributed by atoms with Gasteiger partial charge < -0.3 is 14.4 Å². The normalized spacial score (nSPS) is 15.5. The first kappa shape index (κ1) is 17.3. The Bertz CT molecular complexity index is 695. The standard InChI is InChI=1S/C20H25N3O2/c1-22-10-12-23(13-11-22)21-15-18-8-9-19(20(14-18)24-2)25-16-17-6-4-3-5-7-17/h3-9,14-15H,10-13,16H2,1-2H3/p+1/b21-15-. The number of hydrogen-bond donors (Lipinski definition) is 1. The van der Waals surface area contributed by atoms with E-state index in [1.165, 1.54) is 0 Å². The number of piperazine rings is 1. The SMILES string of the molecule is COc1cc(/C=N\N2CC[NH+](C)CC2)ccc1OCc1ccccc1. The summed E-state index contributed by atoms with van der Waals surface area (Å²) < 4.78 is 11.4. The number of hydrazone groups is 1. The van der Waals surface area contributed by atoms with Crippen LogP contribution in [-0.4, -0.2) is 51.6 Å². The monoisotopic (exact) mass is 340 g/mol. The lowest BCUT2D eigenvalue weighted by atomic mass is 10.2. The van der Waals surface area contributed by atoms with Crippen molar-refractivity contribution in [1.29, 1.82) is 0 Å². The van der Waals surface area contributed by atoms with Crippen molar-refractivity contribution in [3.63, 3.8) is 0 Å². The average Bonchev–Trinajstić information content (AvgIpc) is 2.67. The molecule has 2 aromatic carbocycles. The highest BCUT2D eigenvalue weighted by molar-refractivity contribution is 5.80. The molecule has 0 radical (unpaired) electrons. The zero-order valence-corrected chi connectivity index (χ0v) is 14.9. The predicted molar refractivity (Wildman–Crippen MR) is 99.6 cm³/mol. The highest BCUT2D eigenvalue weighted by atomic mass is 16.5. The maximum atomic E-state index is 5.89. The van der Waals surface area contributed by atoms with Crippen LogP contribution in [0.15, 0.2) is 53.6 Å². The van der Waals surface area contributed by atoms with Gasteiger partial charge in [0.15, 0.2) is 11.5 Å². The second kappa shape index (κ2) is 8.53. The smallest absolute Gasteiger partial charge is 0.161 e. The fourth-order valence-electron chi connectivity index (χ4n) is 2.76. The molecule has 5 nitrogen and oxygen atoms in total. The second-order valence-electron chi connectivity index (χ2n) is 6.34. The summed E-state index contributed by atoms with van der Waals surface area (Å²) in [4.78, 5) is 1.56. The Labute approximate surface area is 149 Å². The summed E-state index contributed by atoms with van der Waals surface area (Å²) >= 11 is 0. The van der Waals surface area contributed by atoms with Crippen molar-refractivity contribution in [3.05, 3.63) is 59.7 Å². The highest BCUT2D eigenvalue weighted by Crippen LogP contribution is 2.28. The maximum absolute atomic E-state index is 5.89. The predicted octanol–water partition coefficient (Wildman–Crippen LogP) is 1.44. The Morgan fingerprint density at radius 2 is 1.84 bits per heavy atom. The molecule has 2 aromatic rings. The van der Waals surface area contributed by atoms with Gasteiger partial charge in [-0.25, -0.2) is 0 Å². The molecule has 0 atom stereocenters. The third kappa shape index (κ3) is 4.97. The van der Waals surface area contributed by atoms with E-state index in [9.17, 15) is 0 Å². The number of rotatable bonds is 6. The molecule has 1 saturated heterocycles. The van der Waals surface area contributed by atoms with Crippen molar-refractivity contribution in [3.8, 4) is 11.5 Å². The van der Waals surface area contributed by atoms with Crippen LogP contribution in [0.2, 0.25) is 0 Å². The minimum atomic E-state index is 0.522. The van der Waals surface area contributed by atoms with Gasteiger partial charge in [-0.15, -0.1) is 0 Å². The van der Waals surface area contributed by atoms with Crippen molar-refractivity contribution in [1.82, 2.24) is 5.01 Å². The van der Waals surface area contributed by atoms with Crippen molar-refractivity contribution in [2.24, 2.45) is 5.10 Å². The molecule has 3 rings (SSSR count). The molecule has 0 amide bonds. The number of likely N-dealkylation sites (N-methyl/N-ethyl adjacent to an activating group) is 1. The lowest BCUT2D eigenvalue weighted by molar-refractivity contribution is -0.884.